The minimum atomic E-state index is -0.0447. The first-order valence-corrected chi connectivity index (χ1v) is 10.2. The van der Waals surface area contributed by atoms with Crippen molar-refractivity contribution in [3.63, 3.8) is 0 Å². The highest BCUT2D eigenvalue weighted by Gasteiger charge is 2.47. The molecule has 1 aliphatic carbocycles. The standard InChI is InChI=1S/C23H24N4O/c1-14-24-22-18(26(14)2)8-7-17-19(27-10-9-20(27)28)13-23(25-21(17)22)11-15-5-3-4-6-16(15)12-23/h3-8,19,25H,9-13H2,1-2H3. The summed E-state index contributed by atoms with van der Waals surface area (Å²) in [7, 11) is 2.07. The van der Waals surface area contributed by atoms with Gasteiger partial charge in [-0.1, -0.05) is 30.3 Å². The third kappa shape index (κ3) is 2.07. The van der Waals surface area contributed by atoms with Gasteiger partial charge in [0.1, 0.15) is 11.3 Å². The number of amides is 1. The zero-order valence-electron chi connectivity index (χ0n) is 16.3. The Labute approximate surface area is 164 Å². The van der Waals surface area contributed by atoms with Crippen LogP contribution in [-0.2, 0) is 24.7 Å². The number of carbonyl (C=O) groups is 1. The molecular formula is C23H24N4O. The Morgan fingerprint density at radius 1 is 1.14 bits per heavy atom. The summed E-state index contributed by atoms with van der Waals surface area (Å²) < 4.78 is 2.14. The van der Waals surface area contributed by atoms with E-state index in [1.54, 1.807) is 0 Å². The Balaban J connectivity index is 1.53. The number of nitrogens with zero attached hydrogens (tertiary/aromatic N) is 3. The van der Waals surface area contributed by atoms with Gasteiger partial charge in [0, 0.05) is 31.1 Å². The molecule has 1 fully saturated rings. The molecule has 1 aromatic heterocycles. The lowest BCUT2D eigenvalue weighted by atomic mass is 9.79. The van der Waals surface area contributed by atoms with E-state index in [9.17, 15) is 4.79 Å². The van der Waals surface area contributed by atoms with Crippen LogP contribution in [0.1, 0.15) is 41.4 Å². The third-order valence-corrected chi connectivity index (χ3v) is 7.08. The SMILES string of the molecule is Cc1nc2c3c(ccc2n1C)C(N1CCC1=O)CC1(Cc2ccccc2C1)N3. The molecule has 3 heterocycles. The lowest BCUT2D eigenvalue weighted by Crippen LogP contribution is -2.53. The molecule has 3 aromatic rings. The van der Waals surface area contributed by atoms with Crippen LogP contribution in [0.3, 0.4) is 0 Å². The third-order valence-electron chi connectivity index (χ3n) is 7.08. The number of aromatic nitrogens is 2. The highest BCUT2D eigenvalue weighted by atomic mass is 16.2. The smallest absolute Gasteiger partial charge is 0.224 e. The first-order valence-electron chi connectivity index (χ1n) is 10.2. The molecule has 28 heavy (non-hydrogen) atoms. The van der Waals surface area contributed by atoms with Crippen molar-refractivity contribution >= 4 is 22.6 Å². The van der Waals surface area contributed by atoms with Crippen molar-refractivity contribution in [2.75, 3.05) is 11.9 Å². The van der Waals surface area contributed by atoms with Gasteiger partial charge in [-0.2, -0.15) is 0 Å². The molecule has 1 atom stereocenters. The fourth-order valence-electron chi connectivity index (χ4n) is 5.46. The molecule has 5 heteroatoms. The molecule has 6 rings (SSSR count). The number of rotatable bonds is 1. The van der Waals surface area contributed by atoms with Crippen molar-refractivity contribution in [3.8, 4) is 0 Å². The molecule has 1 saturated heterocycles. The number of imidazole rings is 1. The zero-order valence-corrected chi connectivity index (χ0v) is 16.3. The maximum atomic E-state index is 12.4. The quantitative estimate of drug-likeness (QED) is 0.665. The largest absolute Gasteiger partial charge is 0.377 e. The van der Waals surface area contributed by atoms with Crippen LogP contribution >= 0.6 is 0 Å². The second-order valence-electron chi connectivity index (χ2n) is 8.70. The van der Waals surface area contributed by atoms with E-state index in [-0.39, 0.29) is 17.5 Å². The minimum absolute atomic E-state index is 0.0447. The van der Waals surface area contributed by atoms with Crippen molar-refractivity contribution in [3.05, 3.63) is 58.9 Å². The number of anilines is 1. The van der Waals surface area contributed by atoms with Crippen LogP contribution in [0, 0.1) is 6.92 Å². The van der Waals surface area contributed by atoms with E-state index in [1.165, 1.54) is 16.7 Å². The normalized spacial score (nSPS) is 22.1. The van der Waals surface area contributed by atoms with Crippen molar-refractivity contribution in [2.45, 2.75) is 44.2 Å². The van der Waals surface area contributed by atoms with E-state index in [4.69, 9.17) is 4.98 Å². The van der Waals surface area contributed by atoms with Crippen molar-refractivity contribution in [1.82, 2.24) is 14.5 Å². The van der Waals surface area contributed by atoms with Crippen LogP contribution in [0.2, 0.25) is 0 Å². The van der Waals surface area contributed by atoms with Gasteiger partial charge in [0.25, 0.3) is 0 Å². The minimum Gasteiger partial charge on any atom is -0.377 e. The number of β-lactam (4-membered cyclic amide) rings is 1. The van der Waals surface area contributed by atoms with Gasteiger partial charge in [-0.25, -0.2) is 4.98 Å². The summed E-state index contributed by atoms with van der Waals surface area (Å²) in [6, 6.07) is 13.3. The molecule has 142 valence electrons. The van der Waals surface area contributed by atoms with Crippen molar-refractivity contribution < 1.29 is 4.79 Å². The zero-order chi connectivity index (χ0) is 19.0. The number of hydrogen-bond acceptors (Lipinski definition) is 3. The molecule has 5 nitrogen and oxygen atoms in total. The van der Waals surface area contributed by atoms with Crippen LogP contribution in [-0.4, -0.2) is 32.4 Å². The second-order valence-corrected chi connectivity index (χ2v) is 8.70. The maximum Gasteiger partial charge on any atom is 0.224 e. The monoisotopic (exact) mass is 372 g/mol. The summed E-state index contributed by atoms with van der Waals surface area (Å²) in [4.78, 5) is 19.3. The van der Waals surface area contributed by atoms with Crippen LogP contribution in [0.25, 0.3) is 11.0 Å². The molecule has 0 radical (unpaired) electrons. The average Bonchev–Trinajstić information content (AvgIpc) is 3.17. The molecular weight excluding hydrogens is 348 g/mol. The van der Waals surface area contributed by atoms with Crippen LogP contribution in [0.4, 0.5) is 5.69 Å². The van der Waals surface area contributed by atoms with Gasteiger partial charge in [0.05, 0.1) is 17.2 Å². The molecule has 1 unspecified atom stereocenters. The van der Waals surface area contributed by atoms with Gasteiger partial charge in [-0.3, -0.25) is 4.79 Å². The molecule has 0 bridgehead atoms. The van der Waals surface area contributed by atoms with E-state index >= 15 is 0 Å². The summed E-state index contributed by atoms with van der Waals surface area (Å²) in [5.74, 6) is 1.29. The fourth-order valence-corrected chi connectivity index (χ4v) is 5.46. The van der Waals surface area contributed by atoms with Gasteiger partial charge in [0.2, 0.25) is 5.91 Å². The molecule has 3 aliphatic rings. The second kappa shape index (κ2) is 5.37. The lowest BCUT2D eigenvalue weighted by Gasteiger charge is -2.48. The van der Waals surface area contributed by atoms with E-state index in [1.807, 2.05) is 6.92 Å². The Bertz CT molecular complexity index is 1120. The molecule has 2 aromatic carbocycles. The maximum absolute atomic E-state index is 12.4. The van der Waals surface area contributed by atoms with E-state index in [0.717, 1.165) is 48.4 Å². The number of nitrogens with one attached hydrogen (secondary N) is 1. The summed E-state index contributed by atoms with van der Waals surface area (Å²) in [6.45, 7) is 2.91. The first kappa shape index (κ1) is 16.2. The summed E-state index contributed by atoms with van der Waals surface area (Å²) >= 11 is 0. The molecule has 1 amide bonds. The van der Waals surface area contributed by atoms with Gasteiger partial charge >= 0.3 is 0 Å². The summed E-state index contributed by atoms with van der Waals surface area (Å²) in [5, 5.41) is 3.94. The summed E-state index contributed by atoms with van der Waals surface area (Å²) in [5.41, 5.74) is 7.34. The van der Waals surface area contributed by atoms with E-state index in [0.29, 0.717) is 6.42 Å². The Morgan fingerprint density at radius 3 is 2.54 bits per heavy atom. The van der Waals surface area contributed by atoms with Gasteiger partial charge in [-0.05, 0) is 43.4 Å². The van der Waals surface area contributed by atoms with Crippen LogP contribution < -0.4 is 5.32 Å². The van der Waals surface area contributed by atoms with Gasteiger partial charge in [0.15, 0.2) is 0 Å². The number of benzene rings is 2. The van der Waals surface area contributed by atoms with Crippen LogP contribution in [0.5, 0.6) is 0 Å². The topological polar surface area (TPSA) is 50.2 Å². The van der Waals surface area contributed by atoms with E-state index < -0.39 is 0 Å². The highest BCUT2D eigenvalue weighted by Crippen LogP contribution is 2.49. The lowest BCUT2D eigenvalue weighted by molar-refractivity contribution is -0.143. The molecule has 1 N–H and O–H groups in total. The van der Waals surface area contributed by atoms with Crippen LogP contribution in [0.15, 0.2) is 36.4 Å². The number of carbonyl (C=O) groups excluding carboxylic acids is 1. The Kier molecular flexibility index (Phi) is 3.10. The molecule has 2 aliphatic heterocycles. The van der Waals surface area contributed by atoms with Crippen molar-refractivity contribution in [1.29, 1.82) is 0 Å². The van der Waals surface area contributed by atoms with Gasteiger partial charge < -0.3 is 14.8 Å². The summed E-state index contributed by atoms with van der Waals surface area (Å²) in [6.07, 6.45) is 3.64. The number of likely N-dealkylation sites (tertiary alicyclic amines) is 1. The molecule has 1 spiro atoms. The predicted molar refractivity (Wildman–Crippen MR) is 109 cm³/mol. The van der Waals surface area contributed by atoms with E-state index in [2.05, 4.69) is 58.2 Å². The fraction of sp³-hybridized carbons (Fsp3) is 0.391. The number of aryl methyl sites for hydroxylation is 2. The predicted octanol–water partition coefficient (Wildman–Crippen LogP) is 3.51. The number of fused-ring (bicyclic) bond motifs is 4. The van der Waals surface area contributed by atoms with Gasteiger partial charge in [-0.15, -0.1) is 0 Å². The average molecular weight is 372 g/mol. The highest BCUT2D eigenvalue weighted by molar-refractivity contribution is 5.93. The molecule has 0 saturated carbocycles. The Hall–Kier alpha value is -2.82. The number of hydrogen-bond donors (Lipinski definition) is 1. The Morgan fingerprint density at radius 2 is 1.89 bits per heavy atom. The first-order chi connectivity index (χ1) is 13.5. The van der Waals surface area contributed by atoms with Crippen molar-refractivity contribution in [2.24, 2.45) is 7.05 Å².